The van der Waals surface area contributed by atoms with Crippen LogP contribution in [0.25, 0.3) is 10.4 Å². The largest absolute Gasteiger partial charge is 0.381 e. The van der Waals surface area contributed by atoms with Gasteiger partial charge in [-0.05, 0) is 12.0 Å². The van der Waals surface area contributed by atoms with Crippen molar-refractivity contribution >= 4 is 14.9 Å². The van der Waals surface area contributed by atoms with Crippen molar-refractivity contribution in [3.05, 3.63) is 10.4 Å². The summed E-state index contributed by atoms with van der Waals surface area (Å²) < 4.78 is 11.1. The fourth-order valence-electron chi connectivity index (χ4n) is 1.67. The van der Waals surface area contributed by atoms with E-state index in [1.54, 1.807) is 0 Å². The lowest BCUT2D eigenvalue weighted by molar-refractivity contribution is 0.00414. The van der Waals surface area contributed by atoms with Crippen molar-refractivity contribution in [2.24, 2.45) is 5.11 Å². The van der Waals surface area contributed by atoms with E-state index in [1.165, 1.54) is 0 Å². The molecule has 1 heterocycles. The molecule has 15 heavy (non-hydrogen) atoms. The summed E-state index contributed by atoms with van der Waals surface area (Å²) >= 11 is 0. The molecule has 1 aliphatic heterocycles. The van der Waals surface area contributed by atoms with Gasteiger partial charge in [0.1, 0.15) is 13.8 Å². The van der Waals surface area contributed by atoms with Crippen LogP contribution in [0.5, 0.6) is 0 Å². The number of azide groups is 1. The molecule has 0 saturated carbocycles. The lowest BCUT2D eigenvalue weighted by Gasteiger charge is -2.15. The van der Waals surface area contributed by atoms with Crippen LogP contribution in [0.3, 0.4) is 0 Å². The molecule has 0 aromatic heterocycles. The molecule has 0 aliphatic carbocycles. The lowest BCUT2D eigenvalue weighted by Crippen LogP contribution is -2.27. The Balaban J connectivity index is 2.49. The van der Waals surface area contributed by atoms with Gasteiger partial charge in [0.2, 0.25) is 0 Å². The maximum Gasteiger partial charge on any atom is 0.119 e. The third-order valence-corrected chi connectivity index (χ3v) is 2.44. The summed E-state index contributed by atoms with van der Waals surface area (Å²) in [4.78, 5) is 2.71. The molecule has 0 bridgehead atoms. The Morgan fingerprint density at radius 2 is 2.60 bits per heavy atom. The summed E-state index contributed by atoms with van der Waals surface area (Å²) in [6.07, 6.45) is 5.75. The van der Waals surface area contributed by atoms with E-state index < -0.39 is 0 Å². The fraction of sp³-hybridized carbons (Fsp3) is 0.750. The minimum absolute atomic E-state index is 0.0449. The highest BCUT2D eigenvalue weighted by atomic mass is 16.6. The predicted molar refractivity (Wildman–Crippen MR) is 61.6 cm³/mol. The van der Waals surface area contributed by atoms with Gasteiger partial charge >= 0.3 is 0 Å². The van der Waals surface area contributed by atoms with Crippen molar-refractivity contribution in [1.29, 1.82) is 0 Å². The van der Waals surface area contributed by atoms with Gasteiger partial charge in [-0.1, -0.05) is 11.0 Å². The molecule has 0 spiro atoms. The summed E-state index contributed by atoms with van der Waals surface area (Å²) in [6.45, 7) is 0.583. The number of hydrogen-bond acceptors (Lipinski definition) is 3. The second-order valence-electron chi connectivity index (χ2n) is 3.41. The zero-order valence-corrected chi connectivity index (χ0v) is 8.80. The molecule has 7 heteroatoms. The molecule has 0 N–H and O–H groups in total. The Hall–Kier alpha value is -1.08. The Bertz CT molecular complexity index is 288. The van der Waals surface area contributed by atoms with Crippen molar-refractivity contribution in [2.75, 3.05) is 13.2 Å². The van der Waals surface area contributed by atoms with E-state index in [0.29, 0.717) is 6.54 Å². The van der Waals surface area contributed by atoms with Crippen LogP contribution < -0.4 is 0 Å². The summed E-state index contributed by atoms with van der Waals surface area (Å²) in [6, 6.07) is 0.187. The monoisotopic (exact) mass is 205 g/mol. The van der Waals surface area contributed by atoms with Gasteiger partial charge in [-0.2, -0.15) is 0 Å². The van der Waals surface area contributed by atoms with E-state index in [1.807, 2.05) is 0 Å². The second kappa shape index (κ2) is 6.41. The molecular weight excluding hydrogens is 192 g/mol. The van der Waals surface area contributed by atoms with E-state index in [0.717, 1.165) is 13.6 Å². The highest BCUT2D eigenvalue weighted by Gasteiger charge is 2.34. The van der Waals surface area contributed by atoms with Gasteiger partial charge in [0.15, 0.2) is 0 Å². The van der Waals surface area contributed by atoms with Crippen LogP contribution in [-0.4, -0.2) is 46.3 Å². The van der Waals surface area contributed by atoms with Gasteiger partial charge in [-0.15, -0.1) is 6.42 Å². The number of hydrogen-bond donors (Lipinski definition) is 0. The highest BCUT2D eigenvalue weighted by Crippen LogP contribution is 2.22. The van der Waals surface area contributed by atoms with Crippen LogP contribution in [-0.2, 0) is 9.47 Å². The zero-order chi connectivity index (χ0) is 11.1. The molecule has 1 fully saturated rings. The number of rotatable bonds is 5. The van der Waals surface area contributed by atoms with Gasteiger partial charge < -0.3 is 9.47 Å². The van der Waals surface area contributed by atoms with Gasteiger partial charge in [-0.25, -0.2) is 0 Å². The maximum atomic E-state index is 8.24. The Morgan fingerprint density at radius 3 is 3.20 bits per heavy atom. The van der Waals surface area contributed by atoms with E-state index in [2.05, 4.69) is 23.7 Å². The fourth-order valence-corrected chi connectivity index (χ4v) is 1.67. The summed E-state index contributed by atoms with van der Waals surface area (Å²) in [5.41, 5.74) is 8.24. The molecule has 1 saturated heterocycles. The van der Waals surface area contributed by atoms with Crippen LogP contribution in [0.15, 0.2) is 5.11 Å². The number of ether oxygens (including phenoxy) is 2. The Morgan fingerprint density at radius 1 is 1.80 bits per heavy atom. The number of nitrogens with zero attached hydrogens (tertiary/aromatic N) is 3. The van der Waals surface area contributed by atoms with Gasteiger partial charge in [0.05, 0.1) is 26.5 Å². The van der Waals surface area contributed by atoms with E-state index in [4.69, 9.17) is 21.4 Å². The minimum Gasteiger partial charge on any atom is -0.381 e. The number of terminal acetylenes is 1. The van der Waals surface area contributed by atoms with Crippen LogP contribution in [0.1, 0.15) is 6.42 Å². The zero-order valence-electron chi connectivity index (χ0n) is 8.80. The molecule has 3 unspecified atom stereocenters. The first-order chi connectivity index (χ1) is 7.31. The quantitative estimate of drug-likeness (QED) is 0.198. The van der Waals surface area contributed by atoms with Gasteiger partial charge in [0.25, 0.3) is 0 Å². The standard InChI is InChI=1S/C8H13B2N3O2/c1-2-3-14-6-4-8(10-9)15-7(6)5-12-13-11/h1,6-8,10H,3-5,9H2. The minimum atomic E-state index is -0.154. The predicted octanol–water partition coefficient (Wildman–Crippen LogP) is -0.585. The van der Waals surface area contributed by atoms with Crippen LogP contribution >= 0.6 is 0 Å². The maximum absolute atomic E-state index is 8.24. The SMILES string of the molecule is BBC1CC(OCC#C)C(CN=[N+]=[N-])O1. The molecule has 1 rings (SSSR count). The van der Waals surface area contributed by atoms with Crippen LogP contribution in [0.2, 0.25) is 0 Å². The third-order valence-electron chi connectivity index (χ3n) is 2.44. The Kier molecular flexibility index (Phi) is 5.13. The second-order valence-corrected chi connectivity index (χ2v) is 3.41. The van der Waals surface area contributed by atoms with Gasteiger partial charge in [-0.3, -0.25) is 0 Å². The average Bonchev–Trinajstić information content (AvgIpc) is 2.66. The third kappa shape index (κ3) is 3.52. The lowest BCUT2D eigenvalue weighted by atomic mass is 9.51. The van der Waals surface area contributed by atoms with Crippen LogP contribution in [0.4, 0.5) is 0 Å². The van der Waals surface area contributed by atoms with Crippen LogP contribution in [0, 0.1) is 12.3 Å². The summed E-state index contributed by atoms with van der Waals surface area (Å²) in [5.74, 6) is 2.42. The average molecular weight is 205 g/mol. The van der Waals surface area contributed by atoms with Crippen molar-refractivity contribution in [3.8, 4) is 12.3 Å². The summed E-state index contributed by atoms with van der Waals surface area (Å²) in [5, 5.41) is 3.50. The first kappa shape index (κ1) is 12.0. The molecule has 1 aliphatic rings. The molecule has 3 atom stereocenters. The molecular formula is C8H13B2N3O2. The van der Waals surface area contributed by atoms with Gasteiger partial charge in [0, 0.05) is 10.9 Å². The van der Waals surface area contributed by atoms with Crippen molar-refractivity contribution in [2.45, 2.75) is 24.6 Å². The first-order valence-electron chi connectivity index (χ1n) is 5.03. The topological polar surface area (TPSA) is 67.2 Å². The molecule has 5 nitrogen and oxygen atoms in total. The molecule has 0 amide bonds. The normalized spacial score (nSPS) is 29.1. The van der Waals surface area contributed by atoms with E-state index >= 15 is 0 Å². The first-order valence-corrected chi connectivity index (χ1v) is 5.03. The Labute approximate surface area is 90.8 Å². The highest BCUT2D eigenvalue weighted by molar-refractivity contribution is 6.90. The smallest absolute Gasteiger partial charge is 0.119 e. The van der Waals surface area contributed by atoms with Crippen molar-refractivity contribution < 1.29 is 9.47 Å². The molecule has 78 valence electrons. The molecule has 0 aromatic rings. The van der Waals surface area contributed by atoms with E-state index in [9.17, 15) is 0 Å². The molecule has 0 radical (unpaired) electrons. The van der Waals surface area contributed by atoms with E-state index in [-0.39, 0.29) is 24.8 Å². The summed E-state index contributed by atoms with van der Waals surface area (Å²) in [7, 11) is 2.99. The van der Waals surface area contributed by atoms with Crippen molar-refractivity contribution in [3.63, 3.8) is 0 Å². The molecule has 0 aromatic carbocycles. The van der Waals surface area contributed by atoms with Crippen molar-refractivity contribution in [1.82, 2.24) is 0 Å².